The van der Waals surface area contributed by atoms with Gasteiger partial charge in [0.25, 0.3) is 5.91 Å². The third-order valence-corrected chi connectivity index (χ3v) is 3.46. The van der Waals surface area contributed by atoms with Crippen LogP contribution in [0.2, 0.25) is 0 Å². The molecule has 0 aliphatic carbocycles. The summed E-state index contributed by atoms with van der Waals surface area (Å²) in [7, 11) is 0. The molecule has 0 aliphatic rings. The lowest BCUT2D eigenvalue weighted by Crippen LogP contribution is -2.27. The van der Waals surface area contributed by atoms with E-state index in [9.17, 15) is 13.6 Å². The standard InChI is InChI=1S/C16H13F2N3O/c1-9(12-4-3-11(17)7-13(12)18)21-16(22)10-2-5-14-15(6-10)20-8-19-14/h2-9H,1H3,(H,19,20)(H,21,22). The molecule has 0 bridgehead atoms. The molecule has 0 fully saturated rings. The Morgan fingerprint density at radius 3 is 2.82 bits per heavy atom. The number of carbonyl (C=O) groups is 1. The van der Waals surface area contributed by atoms with Crippen molar-refractivity contribution in [2.24, 2.45) is 0 Å². The summed E-state index contributed by atoms with van der Waals surface area (Å²) in [6.45, 7) is 1.64. The number of aromatic nitrogens is 2. The summed E-state index contributed by atoms with van der Waals surface area (Å²) in [5, 5.41) is 2.69. The van der Waals surface area contributed by atoms with E-state index in [1.807, 2.05) is 0 Å². The number of aromatic amines is 1. The van der Waals surface area contributed by atoms with E-state index in [4.69, 9.17) is 0 Å². The van der Waals surface area contributed by atoms with Gasteiger partial charge in [-0.05, 0) is 31.2 Å². The molecule has 0 aliphatic heterocycles. The van der Waals surface area contributed by atoms with Crippen molar-refractivity contribution in [2.75, 3.05) is 0 Å². The number of hydrogen-bond donors (Lipinski definition) is 2. The lowest BCUT2D eigenvalue weighted by molar-refractivity contribution is 0.0939. The van der Waals surface area contributed by atoms with E-state index in [1.165, 1.54) is 6.07 Å². The summed E-state index contributed by atoms with van der Waals surface area (Å²) < 4.78 is 26.6. The van der Waals surface area contributed by atoms with Crippen LogP contribution in [0.15, 0.2) is 42.7 Å². The van der Waals surface area contributed by atoms with Crippen LogP contribution in [0.25, 0.3) is 11.0 Å². The van der Waals surface area contributed by atoms with Gasteiger partial charge in [0.2, 0.25) is 0 Å². The van der Waals surface area contributed by atoms with E-state index in [1.54, 1.807) is 31.5 Å². The summed E-state index contributed by atoms with van der Waals surface area (Å²) in [5.74, 6) is -1.67. The molecule has 1 atom stereocenters. The Kier molecular flexibility index (Phi) is 3.58. The SMILES string of the molecule is CC(NC(=O)c1ccc2nc[nH]c2c1)c1ccc(F)cc1F. The molecule has 3 rings (SSSR count). The summed E-state index contributed by atoms with van der Waals surface area (Å²) in [5.41, 5.74) is 2.17. The molecule has 112 valence electrons. The summed E-state index contributed by atoms with van der Waals surface area (Å²) in [4.78, 5) is 19.2. The zero-order valence-corrected chi connectivity index (χ0v) is 11.7. The van der Waals surface area contributed by atoms with Gasteiger partial charge < -0.3 is 10.3 Å². The fourth-order valence-corrected chi connectivity index (χ4v) is 2.29. The van der Waals surface area contributed by atoms with E-state index < -0.39 is 17.7 Å². The molecular formula is C16H13F2N3O. The number of H-pyrrole nitrogens is 1. The average molecular weight is 301 g/mol. The van der Waals surface area contributed by atoms with E-state index in [0.717, 1.165) is 23.2 Å². The molecule has 1 heterocycles. The quantitative estimate of drug-likeness (QED) is 0.779. The van der Waals surface area contributed by atoms with Crippen molar-refractivity contribution >= 4 is 16.9 Å². The van der Waals surface area contributed by atoms with Crippen LogP contribution in [0.1, 0.15) is 28.9 Å². The van der Waals surface area contributed by atoms with Crippen LogP contribution in [-0.2, 0) is 0 Å². The zero-order chi connectivity index (χ0) is 15.7. The van der Waals surface area contributed by atoms with Crippen molar-refractivity contribution in [3.05, 3.63) is 65.5 Å². The molecule has 0 saturated heterocycles. The number of nitrogens with zero attached hydrogens (tertiary/aromatic N) is 1. The second-order valence-electron chi connectivity index (χ2n) is 5.00. The molecule has 1 unspecified atom stereocenters. The summed E-state index contributed by atoms with van der Waals surface area (Å²) >= 11 is 0. The normalized spacial score (nSPS) is 12.3. The van der Waals surface area contributed by atoms with E-state index >= 15 is 0 Å². The highest BCUT2D eigenvalue weighted by atomic mass is 19.1. The molecule has 6 heteroatoms. The Morgan fingerprint density at radius 1 is 1.23 bits per heavy atom. The first-order chi connectivity index (χ1) is 10.5. The molecule has 2 N–H and O–H groups in total. The largest absolute Gasteiger partial charge is 0.345 e. The van der Waals surface area contributed by atoms with Gasteiger partial charge in [-0.3, -0.25) is 4.79 Å². The maximum Gasteiger partial charge on any atom is 0.251 e. The summed E-state index contributed by atoms with van der Waals surface area (Å²) in [6, 6.07) is 7.76. The van der Waals surface area contributed by atoms with Gasteiger partial charge in [-0.25, -0.2) is 13.8 Å². The zero-order valence-electron chi connectivity index (χ0n) is 11.7. The lowest BCUT2D eigenvalue weighted by Gasteiger charge is -2.15. The number of halogens is 2. The molecule has 1 amide bonds. The lowest BCUT2D eigenvalue weighted by atomic mass is 10.1. The molecular weight excluding hydrogens is 288 g/mol. The van der Waals surface area contributed by atoms with Gasteiger partial charge in [0.1, 0.15) is 11.6 Å². The van der Waals surface area contributed by atoms with E-state index in [-0.39, 0.29) is 11.5 Å². The fraction of sp³-hybridized carbons (Fsp3) is 0.125. The van der Waals surface area contributed by atoms with Crippen molar-refractivity contribution in [1.82, 2.24) is 15.3 Å². The second-order valence-corrected chi connectivity index (χ2v) is 5.00. The molecule has 0 saturated carbocycles. The van der Waals surface area contributed by atoms with Gasteiger partial charge in [-0.15, -0.1) is 0 Å². The Balaban J connectivity index is 1.80. The van der Waals surface area contributed by atoms with Crippen LogP contribution < -0.4 is 5.32 Å². The Labute approximate surface area is 125 Å². The fourth-order valence-electron chi connectivity index (χ4n) is 2.29. The third-order valence-electron chi connectivity index (χ3n) is 3.46. The molecule has 1 aromatic heterocycles. The van der Waals surface area contributed by atoms with Gasteiger partial charge in [0, 0.05) is 17.2 Å². The predicted octanol–water partition coefficient (Wildman–Crippen LogP) is 3.33. The van der Waals surface area contributed by atoms with Crippen LogP contribution in [-0.4, -0.2) is 15.9 Å². The molecule has 4 nitrogen and oxygen atoms in total. The molecule has 3 aromatic rings. The van der Waals surface area contributed by atoms with Crippen molar-refractivity contribution in [3.63, 3.8) is 0 Å². The number of benzene rings is 2. The number of nitrogens with one attached hydrogen (secondary N) is 2. The topological polar surface area (TPSA) is 57.8 Å². The van der Waals surface area contributed by atoms with Crippen molar-refractivity contribution in [1.29, 1.82) is 0 Å². The minimum Gasteiger partial charge on any atom is -0.345 e. The van der Waals surface area contributed by atoms with Gasteiger partial charge >= 0.3 is 0 Å². The number of imidazole rings is 1. The first-order valence-corrected chi connectivity index (χ1v) is 6.73. The average Bonchev–Trinajstić information content (AvgIpc) is 2.94. The van der Waals surface area contributed by atoms with Gasteiger partial charge in [0.15, 0.2) is 0 Å². The first-order valence-electron chi connectivity index (χ1n) is 6.73. The van der Waals surface area contributed by atoms with Crippen LogP contribution in [0, 0.1) is 11.6 Å². The van der Waals surface area contributed by atoms with Crippen LogP contribution in [0.5, 0.6) is 0 Å². The Hall–Kier alpha value is -2.76. The Morgan fingerprint density at radius 2 is 2.05 bits per heavy atom. The number of fused-ring (bicyclic) bond motifs is 1. The Bertz CT molecular complexity index is 844. The molecule has 0 radical (unpaired) electrons. The number of carbonyl (C=O) groups excluding carboxylic acids is 1. The monoisotopic (exact) mass is 301 g/mol. The first kappa shape index (κ1) is 14.2. The van der Waals surface area contributed by atoms with Crippen LogP contribution in [0.4, 0.5) is 8.78 Å². The highest BCUT2D eigenvalue weighted by Crippen LogP contribution is 2.19. The van der Waals surface area contributed by atoms with Crippen molar-refractivity contribution in [3.8, 4) is 0 Å². The highest BCUT2D eigenvalue weighted by molar-refractivity contribution is 5.97. The smallest absolute Gasteiger partial charge is 0.251 e. The maximum absolute atomic E-state index is 13.7. The number of amides is 1. The molecule has 22 heavy (non-hydrogen) atoms. The van der Waals surface area contributed by atoms with Crippen molar-refractivity contribution in [2.45, 2.75) is 13.0 Å². The minimum atomic E-state index is -0.683. The summed E-state index contributed by atoms with van der Waals surface area (Å²) in [6.07, 6.45) is 1.54. The predicted molar refractivity (Wildman–Crippen MR) is 78.3 cm³/mol. The van der Waals surface area contributed by atoms with E-state index in [0.29, 0.717) is 5.56 Å². The van der Waals surface area contributed by atoms with Crippen LogP contribution in [0.3, 0.4) is 0 Å². The van der Waals surface area contributed by atoms with Crippen molar-refractivity contribution < 1.29 is 13.6 Å². The third kappa shape index (κ3) is 2.67. The van der Waals surface area contributed by atoms with Gasteiger partial charge in [0.05, 0.1) is 23.4 Å². The highest BCUT2D eigenvalue weighted by Gasteiger charge is 2.15. The number of rotatable bonds is 3. The van der Waals surface area contributed by atoms with E-state index in [2.05, 4.69) is 15.3 Å². The molecule has 0 spiro atoms. The minimum absolute atomic E-state index is 0.234. The van der Waals surface area contributed by atoms with Gasteiger partial charge in [-0.1, -0.05) is 6.07 Å². The molecule has 2 aromatic carbocycles. The maximum atomic E-state index is 13.7. The second kappa shape index (κ2) is 5.55. The number of hydrogen-bond acceptors (Lipinski definition) is 2. The van der Waals surface area contributed by atoms with Gasteiger partial charge in [-0.2, -0.15) is 0 Å². The van der Waals surface area contributed by atoms with Crippen LogP contribution >= 0.6 is 0 Å².